The van der Waals surface area contributed by atoms with E-state index in [1.807, 2.05) is 14.1 Å². The van der Waals surface area contributed by atoms with Crippen molar-refractivity contribution in [3.05, 3.63) is 23.9 Å². The molecule has 1 aliphatic carbocycles. The first kappa shape index (κ1) is 20.2. The molecule has 0 aliphatic heterocycles. The summed E-state index contributed by atoms with van der Waals surface area (Å²) in [4.78, 5) is 0. The molecule has 0 saturated heterocycles. The molecule has 0 aromatic carbocycles. The molecular formula is C20H39N3. The smallest absolute Gasteiger partial charge is 0.0395 e. The molecule has 3 atom stereocenters. The van der Waals surface area contributed by atoms with Crippen molar-refractivity contribution in [3.63, 3.8) is 0 Å². The van der Waals surface area contributed by atoms with Gasteiger partial charge in [0.25, 0.3) is 0 Å². The Morgan fingerprint density at radius 3 is 2.48 bits per heavy atom. The molecule has 23 heavy (non-hydrogen) atoms. The predicted octanol–water partition coefficient (Wildman–Crippen LogP) is 4.20. The molecule has 1 saturated carbocycles. The molecule has 1 fully saturated rings. The lowest BCUT2D eigenvalue weighted by Gasteiger charge is -2.48. The molecule has 0 radical (unpaired) electrons. The zero-order valence-electron chi connectivity index (χ0n) is 16.5. The van der Waals surface area contributed by atoms with E-state index in [2.05, 4.69) is 63.3 Å². The van der Waals surface area contributed by atoms with Gasteiger partial charge in [-0.15, -0.1) is 0 Å². The van der Waals surface area contributed by atoms with Crippen LogP contribution in [0.15, 0.2) is 23.9 Å². The SMILES string of the molecule is C=C(/C(=C\NC)CN(C)NC)C1CC(C)C(C)(C)C(CCC)C1. The third kappa shape index (κ3) is 5.09. The number of nitrogens with one attached hydrogen (secondary N) is 2. The summed E-state index contributed by atoms with van der Waals surface area (Å²) in [6.45, 7) is 15.1. The Morgan fingerprint density at radius 2 is 1.96 bits per heavy atom. The molecule has 0 bridgehead atoms. The molecule has 3 heteroatoms. The van der Waals surface area contributed by atoms with Gasteiger partial charge in [0.1, 0.15) is 0 Å². The normalized spacial score (nSPS) is 28.0. The number of hydrogen-bond acceptors (Lipinski definition) is 3. The van der Waals surface area contributed by atoms with E-state index in [4.69, 9.17) is 0 Å². The average molecular weight is 322 g/mol. The Bertz CT molecular complexity index is 411. The predicted molar refractivity (Wildman–Crippen MR) is 102 cm³/mol. The number of rotatable bonds is 8. The molecule has 0 amide bonds. The zero-order chi connectivity index (χ0) is 17.6. The van der Waals surface area contributed by atoms with E-state index in [-0.39, 0.29) is 0 Å². The second kappa shape index (κ2) is 8.89. The van der Waals surface area contributed by atoms with Crippen LogP contribution in [0.5, 0.6) is 0 Å². The van der Waals surface area contributed by atoms with Crippen molar-refractivity contribution in [1.82, 2.24) is 15.8 Å². The monoisotopic (exact) mass is 321 g/mol. The van der Waals surface area contributed by atoms with E-state index in [1.54, 1.807) is 0 Å². The summed E-state index contributed by atoms with van der Waals surface area (Å²) < 4.78 is 0. The Morgan fingerprint density at radius 1 is 1.30 bits per heavy atom. The van der Waals surface area contributed by atoms with Gasteiger partial charge < -0.3 is 5.32 Å². The van der Waals surface area contributed by atoms with Crippen molar-refractivity contribution in [2.75, 3.05) is 27.7 Å². The van der Waals surface area contributed by atoms with Gasteiger partial charge in [0, 0.05) is 26.8 Å². The Hall–Kier alpha value is -0.800. The van der Waals surface area contributed by atoms with Crippen LogP contribution in [-0.2, 0) is 0 Å². The Labute approximate surface area is 144 Å². The van der Waals surface area contributed by atoms with Gasteiger partial charge in [-0.3, -0.25) is 5.43 Å². The van der Waals surface area contributed by atoms with Crippen LogP contribution in [0.4, 0.5) is 0 Å². The van der Waals surface area contributed by atoms with Crippen molar-refractivity contribution in [2.45, 2.75) is 53.4 Å². The minimum atomic E-state index is 0.446. The summed E-state index contributed by atoms with van der Waals surface area (Å²) in [6.07, 6.45) is 7.28. The number of hydrazine groups is 1. The highest BCUT2D eigenvalue weighted by Crippen LogP contribution is 2.51. The van der Waals surface area contributed by atoms with Gasteiger partial charge in [0.05, 0.1) is 0 Å². The quantitative estimate of drug-likeness (QED) is 0.518. The highest BCUT2D eigenvalue weighted by atomic mass is 15.5. The molecule has 0 spiro atoms. The summed E-state index contributed by atoms with van der Waals surface area (Å²) in [6, 6.07) is 0. The van der Waals surface area contributed by atoms with E-state index in [0.717, 1.165) is 18.4 Å². The van der Waals surface area contributed by atoms with Crippen LogP contribution < -0.4 is 10.7 Å². The highest BCUT2D eigenvalue weighted by Gasteiger charge is 2.41. The van der Waals surface area contributed by atoms with Gasteiger partial charge >= 0.3 is 0 Å². The minimum Gasteiger partial charge on any atom is -0.394 e. The van der Waals surface area contributed by atoms with E-state index in [0.29, 0.717) is 11.3 Å². The molecule has 134 valence electrons. The van der Waals surface area contributed by atoms with Gasteiger partial charge in [-0.05, 0) is 54.2 Å². The number of nitrogens with zero attached hydrogens (tertiary/aromatic N) is 1. The van der Waals surface area contributed by atoms with E-state index in [1.165, 1.54) is 36.8 Å². The third-order valence-corrected chi connectivity index (χ3v) is 6.18. The summed E-state index contributed by atoms with van der Waals surface area (Å²) in [7, 11) is 6.00. The maximum atomic E-state index is 4.50. The summed E-state index contributed by atoms with van der Waals surface area (Å²) in [5, 5.41) is 5.31. The molecule has 0 aromatic rings. The molecule has 3 unspecified atom stereocenters. The van der Waals surface area contributed by atoms with Gasteiger partial charge in [0.2, 0.25) is 0 Å². The molecular weight excluding hydrogens is 282 g/mol. The lowest BCUT2D eigenvalue weighted by atomic mass is 9.57. The number of likely N-dealkylation sites (N-methyl/N-ethyl adjacent to an activating group) is 1. The first-order valence-electron chi connectivity index (χ1n) is 9.21. The summed E-state index contributed by atoms with van der Waals surface area (Å²) in [5.74, 6) is 2.16. The largest absolute Gasteiger partial charge is 0.394 e. The van der Waals surface area contributed by atoms with Crippen molar-refractivity contribution >= 4 is 0 Å². The van der Waals surface area contributed by atoms with Crippen molar-refractivity contribution in [1.29, 1.82) is 0 Å². The van der Waals surface area contributed by atoms with Crippen molar-refractivity contribution in [3.8, 4) is 0 Å². The minimum absolute atomic E-state index is 0.446. The van der Waals surface area contributed by atoms with Gasteiger partial charge in [0.15, 0.2) is 0 Å². The van der Waals surface area contributed by atoms with E-state index in [9.17, 15) is 0 Å². The standard InChI is InChI=1S/C20H39N3/c1-9-10-19-12-17(11-15(2)20(19,4)5)16(3)18(13-21-6)14-23(8)22-7/h13,15,17,19,21-22H,3,9-12,14H2,1-2,4-8H3/b18-13-. The van der Waals surface area contributed by atoms with Crippen LogP contribution in [0.1, 0.15) is 53.4 Å². The van der Waals surface area contributed by atoms with E-state index < -0.39 is 0 Å². The van der Waals surface area contributed by atoms with Crippen LogP contribution in [0, 0.1) is 23.2 Å². The van der Waals surface area contributed by atoms with Crippen LogP contribution in [-0.4, -0.2) is 32.7 Å². The molecule has 0 heterocycles. The van der Waals surface area contributed by atoms with Crippen molar-refractivity contribution in [2.24, 2.45) is 23.2 Å². The van der Waals surface area contributed by atoms with Gasteiger partial charge in [-0.2, -0.15) is 0 Å². The molecule has 1 rings (SSSR count). The fourth-order valence-corrected chi connectivity index (χ4v) is 4.01. The Balaban J connectivity index is 2.91. The third-order valence-electron chi connectivity index (χ3n) is 6.18. The highest BCUT2D eigenvalue weighted by molar-refractivity contribution is 5.32. The molecule has 2 N–H and O–H groups in total. The first-order chi connectivity index (χ1) is 10.8. The van der Waals surface area contributed by atoms with Crippen LogP contribution in [0.25, 0.3) is 0 Å². The maximum absolute atomic E-state index is 4.50. The second-order valence-corrected chi connectivity index (χ2v) is 7.94. The van der Waals surface area contributed by atoms with Gasteiger partial charge in [-0.25, -0.2) is 5.01 Å². The second-order valence-electron chi connectivity index (χ2n) is 7.94. The summed E-state index contributed by atoms with van der Waals surface area (Å²) in [5.41, 5.74) is 6.27. The lowest BCUT2D eigenvalue weighted by molar-refractivity contribution is 0.0411. The first-order valence-corrected chi connectivity index (χ1v) is 9.21. The fraction of sp³-hybridized carbons (Fsp3) is 0.800. The topological polar surface area (TPSA) is 27.3 Å². The van der Waals surface area contributed by atoms with E-state index >= 15 is 0 Å². The average Bonchev–Trinajstić information content (AvgIpc) is 2.50. The molecule has 1 aliphatic rings. The lowest BCUT2D eigenvalue weighted by Crippen LogP contribution is -2.40. The van der Waals surface area contributed by atoms with Crippen LogP contribution >= 0.6 is 0 Å². The molecule has 0 aromatic heterocycles. The zero-order valence-corrected chi connectivity index (χ0v) is 16.5. The maximum Gasteiger partial charge on any atom is 0.0395 e. The van der Waals surface area contributed by atoms with Crippen molar-refractivity contribution < 1.29 is 0 Å². The molecule has 3 nitrogen and oxygen atoms in total. The summed E-state index contributed by atoms with van der Waals surface area (Å²) >= 11 is 0. The van der Waals surface area contributed by atoms with Crippen LogP contribution in [0.3, 0.4) is 0 Å². The Kier molecular flexibility index (Phi) is 7.82. The number of hydrogen-bond donors (Lipinski definition) is 2. The fourth-order valence-electron chi connectivity index (χ4n) is 4.01. The van der Waals surface area contributed by atoms with Gasteiger partial charge in [-0.1, -0.05) is 47.1 Å². The van der Waals surface area contributed by atoms with Crippen LogP contribution in [0.2, 0.25) is 0 Å².